The van der Waals surface area contributed by atoms with Crippen molar-refractivity contribution in [2.45, 2.75) is 158 Å². The van der Waals surface area contributed by atoms with Crippen LogP contribution in [0.25, 0.3) is 0 Å². The van der Waals surface area contributed by atoms with Gasteiger partial charge < -0.3 is 57.3 Å². The number of nitrogens with zero attached hydrogens (tertiary/aromatic N) is 7. The van der Waals surface area contributed by atoms with Gasteiger partial charge in [0.05, 0.1) is 44.0 Å². The number of nitrogens with one attached hydrogen (secondary N) is 4. The highest BCUT2D eigenvalue weighted by atomic mass is 19.2. The molecule has 0 aliphatic carbocycles. The summed E-state index contributed by atoms with van der Waals surface area (Å²) in [4.78, 5) is 98.2. The summed E-state index contributed by atoms with van der Waals surface area (Å²) in [5.41, 5.74) is 20.0. The number of nitrogens with two attached hydrogens (primary N) is 3. The Morgan fingerprint density at radius 2 is 0.842 bits per heavy atom. The summed E-state index contributed by atoms with van der Waals surface area (Å²) in [6.45, 7) is 1.24. The second-order valence-corrected chi connectivity index (χ2v) is 25.3. The molecule has 12 atom stereocenters. The molecule has 12 rings (SSSR count). The van der Waals surface area contributed by atoms with E-state index in [1.54, 1.807) is 6.92 Å². The van der Waals surface area contributed by atoms with Crippen molar-refractivity contribution < 1.29 is 72.7 Å². The van der Waals surface area contributed by atoms with Gasteiger partial charge in [-0.2, -0.15) is 0 Å². The van der Waals surface area contributed by atoms with Crippen molar-refractivity contribution in [3.8, 4) is 0 Å². The van der Waals surface area contributed by atoms with Gasteiger partial charge >= 0.3 is 0 Å². The van der Waals surface area contributed by atoms with Gasteiger partial charge in [0, 0.05) is 85.0 Å². The number of halogens is 9. The van der Waals surface area contributed by atoms with Crippen LogP contribution in [0.15, 0.2) is 78.3 Å². The highest BCUT2D eigenvalue weighted by molar-refractivity contribution is 5.96. The molecule has 3 aromatic carbocycles. The fourth-order valence-corrected chi connectivity index (χ4v) is 14.7. The van der Waals surface area contributed by atoms with Gasteiger partial charge in [0.25, 0.3) is 17.7 Å². The fourth-order valence-electron chi connectivity index (χ4n) is 14.7. The molecule has 6 aliphatic heterocycles. The second kappa shape index (κ2) is 30.3. The number of fused-ring (bicyclic) bond motifs is 6. The highest BCUT2D eigenvalue weighted by Crippen LogP contribution is 2.43. The van der Waals surface area contributed by atoms with E-state index < -0.39 is 88.2 Å². The van der Waals surface area contributed by atoms with Crippen molar-refractivity contribution in [3.63, 3.8) is 0 Å². The van der Waals surface area contributed by atoms with Gasteiger partial charge in [-0.25, -0.2) is 54.5 Å². The summed E-state index contributed by atoms with van der Waals surface area (Å²) in [6.07, 6.45) is 17.3. The van der Waals surface area contributed by atoms with E-state index in [0.29, 0.717) is 62.4 Å². The molecular weight excluding hydrogens is 1260 g/mol. The monoisotopic (exact) mass is 1330 g/mol. The first-order chi connectivity index (χ1) is 45.4. The van der Waals surface area contributed by atoms with Crippen LogP contribution in [0.3, 0.4) is 0 Å². The van der Waals surface area contributed by atoms with Crippen LogP contribution in [0.4, 0.5) is 39.5 Å². The number of piperidine rings is 3. The molecule has 30 heteroatoms. The zero-order valence-corrected chi connectivity index (χ0v) is 51.7. The van der Waals surface area contributed by atoms with E-state index >= 15 is 0 Å². The molecule has 6 bridgehead atoms. The number of hydrogen-bond donors (Lipinski definition) is 7. The molecule has 0 saturated carbocycles. The van der Waals surface area contributed by atoms with Gasteiger partial charge in [0.2, 0.25) is 23.5 Å². The molecule has 21 nitrogen and oxygen atoms in total. The smallest absolute Gasteiger partial charge is 0.289 e. The van der Waals surface area contributed by atoms with Crippen LogP contribution in [0, 0.1) is 77.0 Å². The molecule has 6 saturated heterocycles. The van der Waals surface area contributed by atoms with Crippen LogP contribution in [0.5, 0.6) is 0 Å². The van der Waals surface area contributed by atoms with Crippen LogP contribution < -0.4 is 33.2 Å². The van der Waals surface area contributed by atoms with Crippen LogP contribution in [-0.2, 0) is 33.6 Å². The van der Waals surface area contributed by atoms with E-state index in [0.717, 1.165) is 56.7 Å². The number of carbonyl (C=O) groups excluding carboxylic acids is 6. The van der Waals surface area contributed by atoms with Gasteiger partial charge in [-0.15, -0.1) is 0 Å². The molecule has 508 valence electrons. The van der Waals surface area contributed by atoms with Crippen molar-refractivity contribution >= 4 is 35.4 Å². The molecule has 9 heterocycles. The molecule has 3 aromatic heterocycles. The number of aromatic nitrogens is 5. The maximum absolute atomic E-state index is 14.0. The molecule has 6 amide bonds. The Balaban J connectivity index is 0.000000155. The summed E-state index contributed by atoms with van der Waals surface area (Å²) in [5, 5.41) is 7.76. The van der Waals surface area contributed by atoms with Crippen LogP contribution in [0.2, 0.25) is 0 Å². The molecule has 3 unspecified atom stereocenters. The van der Waals surface area contributed by atoms with Crippen LogP contribution >= 0.6 is 0 Å². The first-order valence-electron chi connectivity index (χ1n) is 31.5. The summed E-state index contributed by atoms with van der Waals surface area (Å²) in [5.74, 6) is -11.1. The third-order valence-electron chi connectivity index (χ3n) is 19.3. The number of H-pyrrole nitrogens is 1. The average Bonchev–Trinajstić information content (AvgIpc) is 1.69. The predicted molar refractivity (Wildman–Crippen MR) is 322 cm³/mol. The predicted octanol–water partition coefficient (Wildman–Crippen LogP) is 6.33. The minimum absolute atomic E-state index is 0.00107. The first-order valence-corrected chi connectivity index (χ1v) is 31.5. The summed E-state index contributed by atoms with van der Waals surface area (Å²) < 4.78 is 127. The Morgan fingerprint density at radius 3 is 1.17 bits per heavy atom. The summed E-state index contributed by atoms with van der Waals surface area (Å²) in [6, 6.07) is 2.83. The molecule has 95 heavy (non-hydrogen) atoms. The molecule has 6 aliphatic rings. The molecule has 6 fully saturated rings. The lowest BCUT2D eigenvalue weighted by Crippen LogP contribution is -2.52. The van der Waals surface area contributed by atoms with Crippen molar-refractivity contribution in [3.05, 3.63) is 166 Å². The third-order valence-corrected chi connectivity index (χ3v) is 19.3. The summed E-state index contributed by atoms with van der Waals surface area (Å²) in [7, 11) is 0. The Morgan fingerprint density at radius 1 is 0.484 bits per heavy atom. The van der Waals surface area contributed by atoms with Crippen molar-refractivity contribution in [1.82, 2.24) is 55.6 Å². The number of hydrogen-bond acceptors (Lipinski definition) is 14. The number of rotatable bonds is 18. The Labute approximate surface area is 539 Å². The normalized spacial score (nSPS) is 23.3. The van der Waals surface area contributed by atoms with Crippen LogP contribution in [0.1, 0.15) is 131 Å². The number of oxazole rings is 1. The lowest BCUT2D eigenvalue weighted by atomic mass is 9.82. The fraction of sp³-hybridized carbons (Fsp3) is 0.477. The van der Waals surface area contributed by atoms with E-state index in [4.69, 9.17) is 21.6 Å². The lowest BCUT2D eigenvalue weighted by molar-refractivity contribution is -0.136. The Kier molecular flexibility index (Phi) is 22.0. The maximum atomic E-state index is 14.0. The van der Waals surface area contributed by atoms with Crippen molar-refractivity contribution in [2.24, 2.45) is 35.0 Å². The third kappa shape index (κ3) is 16.3. The van der Waals surface area contributed by atoms with E-state index in [9.17, 15) is 68.3 Å². The topological polar surface area (TPSA) is 307 Å². The standard InChI is InChI=1S/C22H24F3N5O2.C22H25F3N4O3.C21H24F3N5O2/c23-16-9-18(25)17(24)7-12(16)8-19(26)13-5-14-1-2-15(6-13)30(14)21(31)11-29-22(32)20-10-27-3-4-28-20;1-11-21(32-10-28-11)22(31)27-9-20(30)29-14-2-3-15(29)5-13(4-14)19(26)7-12-6-17(24)18(25)8-16(12)23;22-15-7-17(24)16(23)5-11(15)6-18(25)12-3-13-1-2-14(4-12)29(13)20(30)9-27-21(31)19-8-26-10-28-19/h3-4,7,9-10,13-15,19H,1-2,5-6,8,11,26H2,(H,29,32);6,8,10,13-15,19H,2-5,7,9,26H2,1H3,(H,27,31);5,7-8,10,12-14,18H,1-4,6,9,25H2,(H,26,28)(H,27,31)/t2*13?,14-,15+,19-;12?,13-,14+,18-/m111/s1. The lowest BCUT2D eigenvalue weighted by Gasteiger charge is -2.41. The van der Waals surface area contributed by atoms with Gasteiger partial charge in [0.15, 0.2) is 41.3 Å². The largest absolute Gasteiger partial charge is 0.438 e. The number of imidazole rings is 1. The quantitative estimate of drug-likeness (QED) is 0.0366. The Hall–Kier alpha value is -8.77. The average molecular weight is 1330 g/mol. The Bertz CT molecular complexity index is 3720. The zero-order chi connectivity index (χ0) is 67.9. The van der Waals surface area contributed by atoms with E-state index in [1.165, 1.54) is 37.5 Å². The van der Waals surface area contributed by atoms with Crippen molar-refractivity contribution in [2.75, 3.05) is 19.6 Å². The van der Waals surface area contributed by atoms with E-state index in [-0.39, 0.29) is 144 Å². The minimum Gasteiger partial charge on any atom is -0.438 e. The number of benzene rings is 3. The van der Waals surface area contributed by atoms with Gasteiger partial charge in [-0.05, 0) is 156 Å². The zero-order valence-electron chi connectivity index (χ0n) is 51.7. The van der Waals surface area contributed by atoms with E-state index in [2.05, 4.69) is 40.9 Å². The second-order valence-electron chi connectivity index (χ2n) is 25.3. The minimum atomic E-state index is -1.23. The maximum Gasteiger partial charge on any atom is 0.289 e. The molecule has 6 aromatic rings. The number of amides is 6. The molecule has 0 radical (unpaired) electrons. The molecule has 10 N–H and O–H groups in total. The SMILES string of the molecule is Cc1ncoc1C(=O)NCC(=O)N1[C@@H]2CC[C@H]1CC([C@H](N)Cc1cc(F)c(F)cc1F)C2.N[C@H](Cc1cc(F)c(F)cc1F)C1C[C@H]2CC[C@@H](C1)N2C(=O)CNC(=O)c1cnc[nH]1.N[C@H](Cc1cc(F)c(F)cc1F)C1C[C@H]2CC[C@@H](C1)N2C(=O)CNC(=O)c1cnccn1. The number of aryl methyl sites for hydroxylation is 1. The molecular formula is C65H73F9N14O7. The van der Waals surface area contributed by atoms with Crippen LogP contribution in [-0.4, -0.2) is 149 Å². The highest BCUT2D eigenvalue weighted by Gasteiger charge is 2.47. The van der Waals surface area contributed by atoms with Crippen molar-refractivity contribution in [1.29, 1.82) is 0 Å². The first kappa shape index (κ1) is 69.1. The summed E-state index contributed by atoms with van der Waals surface area (Å²) >= 11 is 0. The van der Waals surface area contributed by atoms with E-state index in [1.807, 2.05) is 14.7 Å². The molecule has 0 spiro atoms. The van der Waals surface area contributed by atoms with Gasteiger partial charge in [0.1, 0.15) is 28.8 Å². The van der Waals surface area contributed by atoms with Gasteiger partial charge in [-0.1, -0.05) is 0 Å². The van der Waals surface area contributed by atoms with Gasteiger partial charge in [-0.3, -0.25) is 33.8 Å². The number of carbonyl (C=O) groups is 6. The number of aromatic amines is 1.